The highest BCUT2D eigenvalue weighted by atomic mass is 32.2. The molecule has 9 heteroatoms. The first-order chi connectivity index (χ1) is 15.7. The Morgan fingerprint density at radius 1 is 1.09 bits per heavy atom. The number of hydrogen-bond acceptors (Lipinski definition) is 5. The van der Waals surface area contributed by atoms with Gasteiger partial charge in [0.1, 0.15) is 6.54 Å². The topological polar surface area (TPSA) is 86.8 Å². The van der Waals surface area contributed by atoms with E-state index in [-0.39, 0.29) is 29.2 Å². The number of anilines is 2. The van der Waals surface area contributed by atoms with E-state index in [1.807, 2.05) is 39.0 Å². The molecule has 33 heavy (non-hydrogen) atoms. The molecule has 7 nitrogen and oxygen atoms in total. The van der Waals surface area contributed by atoms with Gasteiger partial charge in [-0.05, 0) is 68.1 Å². The number of aryl methyl sites for hydroxylation is 2. The Balaban J connectivity index is 1.64. The largest absolute Gasteiger partial charge is 0.325 e. The molecule has 0 saturated carbocycles. The number of nitrogens with one attached hydrogen (secondary N) is 1. The maximum atomic E-state index is 13.2. The van der Waals surface area contributed by atoms with Crippen molar-refractivity contribution in [3.8, 4) is 0 Å². The number of hydrogen-bond donors (Lipinski definition) is 1. The standard InChI is InChI=1S/C24H29N3O4S2/c1-16-6-7-19(12-17(16)2)25-23(28)14-27-21-13-20(33(30,31)26-10-4-5-11-26)8-9-22(21)32-15-18(3)24(27)29/h6-9,12-13,18H,4-5,10-11,14-15H2,1-3H3,(H,25,28)/t18-/m0/s1. The van der Waals surface area contributed by atoms with E-state index in [0.717, 1.165) is 28.9 Å². The number of carbonyl (C=O) groups excluding carboxylic acids is 2. The molecular weight excluding hydrogens is 458 g/mol. The van der Waals surface area contributed by atoms with Crippen molar-refractivity contribution >= 4 is 45.0 Å². The minimum Gasteiger partial charge on any atom is -0.325 e. The number of benzene rings is 2. The summed E-state index contributed by atoms with van der Waals surface area (Å²) in [5, 5.41) is 2.87. The second-order valence-corrected chi connectivity index (χ2v) is 11.7. The van der Waals surface area contributed by atoms with Gasteiger partial charge in [-0.1, -0.05) is 13.0 Å². The van der Waals surface area contributed by atoms with Crippen molar-refractivity contribution in [3.05, 3.63) is 47.5 Å². The molecule has 1 fully saturated rings. The third-order valence-electron chi connectivity index (χ3n) is 6.19. The highest BCUT2D eigenvalue weighted by Crippen LogP contribution is 2.38. The third-order valence-corrected chi connectivity index (χ3v) is 9.41. The van der Waals surface area contributed by atoms with E-state index in [4.69, 9.17) is 0 Å². The smallest absolute Gasteiger partial charge is 0.244 e. The second-order valence-electron chi connectivity index (χ2n) is 8.72. The van der Waals surface area contributed by atoms with Gasteiger partial charge in [0.15, 0.2) is 0 Å². The average molecular weight is 488 g/mol. The van der Waals surface area contributed by atoms with Gasteiger partial charge in [-0.2, -0.15) is 4.31 Å². The number of fused-ring (bicyclic) bond motifs is 1. The van der Waals surface area contributed by atoms with Crippen molar-refractivity contribution in [2.75, 3.05) is 35.6 Å². The predicted molar refractivity (Wildman–Crippen MR) is 131 cm³/mol. The molecule has 1 saturated heterocycles. The Hall–Kier alpha value is -2.36. The molecule has 0 radical (unpaired) electrons. The van der Waals surface area contributed by atoms with Gasteiger partial charge in [-0.15, -0.1) is 11.8 Å². The molecule has 2 aliphatic rings. The maximum absolute atomic E-state index is 13.2. The Morgan fingerprint density at radius 2 is 1.82 bits per heavy atom. The van der Waals surface area contributed by atoms with E-state index in [1.54, 1.807) is 18.2 Å². The Labute approximate surface area is 199 Å². The average Bonchev–Trinajstić information content (AvgIpc) is 3.30. The zero-order valence-corrected chi connectivity index (χ0v) is 20.8. The van der Waals surface area contributed by atoms with Gasteiger partial charge < -0.3 is 10.2 Å². The highest BCUT2D eigenvalue weighted by Gasteiger charge is 2.33. The zero-order valence-electron chi connectivity index (χ0n) is 19.1. The molecule has 2 amide bonds. The monoisotopic (exact) mass is 487 g/mol. The van der Waals surface area contributed by atoms with Crippen LogP contribution in [0.25, 0.3) is 0 Å². The predicted octanol–water partition coefficient (Wildman–Crippen LogP) is 3.80. The summed E-state index contributed by atoms with van der Waals surface area (Å²) in [5.41, 5.74) is 3.33. The molecule has 0 spiro atoms. The van der Waals surface area contributed by atoms with Crippen LogP contribution in [0.5, 0.6) is 0 Å². The van der Waals surface area contributed by atoms with Crippen molar-refractivity contribution in [3.63, 3.8) is 0 Å². The molecule has 1 N–H and O–H groups in total. The lowest BCUT2D eigenvalue weighted by molar-refractivity contribution is -0.123. The zero-order chi connectivity index (χ0) is 23.8. The number of carbonyl (C=O) groups is 2. The summed E-state index contributed by atoms with van der Waals surface area (Å²) in [7, 11) is -3.64. The van der Waals surface area contributed by atoms with Crippen LogP contribution >= 0.6 is 11.8 Å². The van der Waals surface area contributed by atoms with Gasteiger partial charge in [0.2, 0.25) is 21.8 Å². The third kappa shape index (κ3) is 4.95. The summed E-state index contributed by atoms with van der Waals surface area (Å²) >= 11 is 1.51. The number of thioether (sulfide) groups is 1. The van der Waals surface area contributed by atoms with Crippen LogP contribution in [-0.4, -0.2) is 49.9 Å². The minimum atomic E-state index is -3.64. The normalized spacial score (nSPS) is 19.3. The first kappa shape index (κ1) is 23.8. The molecule has 2 aromatic carbocycles. The van der Waals surface area contributed by atoms with Crippen LogP contribution < -0.4 is 10.2 Å². The molecule has 2 heterocycles. The summed E-state index contributed by atoms with van der Waals surface area (Å²) in [6.07, 6.45) is 1.70. The molecule has 2 aromatic rings. The van der Waals surface area contributed by atoms with Gasteiger partial charge >= 0.3 is 0 Å². The minimum absolute atomic E-state index is 0.158. The van der Waals surface area contributed by atoms with Crippen LogP contribution in [0.1, 0.15) is 30.9 Å². The van der Waals surface area contributed by atoms with Crippen molar-refractivity contribution in [1.29, 1.82) is 0 Å². The molecule has 4 rings (SSSR count). The summed E-state index contributed by atoms with van der Waals surface area (Å²) in [4.78, 5) is 28.5. The molecule has 1 atom stereocenters. The molecule has 0 unspecified atom stereocenters. The molecule has 0 aromatic heterocycles. The van der Waals surface area contributed by atoms with Gasteiger partial charge in [-0.3, -0.25) is 9.59 Å². The first-order valence-electron chi connectivity index (χ1n) is 11.1. The van der Waals surface area contributed by atoms with E-state index >= 15 is 0 Å². The first-order valence-corrected chi connectivity index (χ1v) is 13.5. The van der Waals surface area contributed by atoms with Crippen molar-refractivity contribution < 1.29 is 18.0 Å². The van der Waals surface area contributed by atoms with Crippen LogP contribution in [0, 0.1) is 19.8 Å². The van der Waals surface area contributed by atoms with Crippen LogP contribution in [0.3, 0.4) is 0 Å². The fraction of sp³-hybridized carbons (Fsp3) is 0.417. The van der Waals surface area contributed by atoms with E-state index in [1.165, 1.54) is 21.0 Å². The van der Waals surface area contributed by atoms with Gasteiger partial charge in [0.25, 0.3) is 0 Å². The van der Waals surface area contributed by atoms with Gasteiger partial charge in [0, 0.05) is 35.3 Å². The number of sulfonamides is 1. The van der Waals surface area contributed by atoms with Crippen molar-refractivity contribution in [1.82, 2.24) is 4.31 Å². The van der Waals surface area contributed by atoms with Crippen LogP contribution in [0.15, 0.2) is 46.2 Å². The fourth-order valence-corrected chi connectivity index (χ4v) is 6.66. The van der Waals surface area contributed by atoms with Crippen LogP contribution in [0.2, 0.25) is 0 Å². The van der Waals surface area contributed by atoms with Gasteiger partial charge in [0.05, 0.1) is 10.6 Å². The molecule has 176 valence electrons. The summed E-state index contributed by atoms with van der Waals surface area (Å²) in [6, 6.07) is 10.6. The molecular formula is C24H29N3O4S2. The quantitative estimate of drug-likeness (QED) is 0.693. The lowest BCUT2D eigenvalue weighted by Crippen LogP contribution is -2.41. The van der Waals surface area contributed by atoms with Gasteiger partial charge in [-0.25, -0.2) is 8.42 Å². The Morgan fingerprint density at radius 3 is 2.52 bits per heavy atom. The molecule has 0 aliphatic carbocycles. The maximum Gasteiger partial charge on any atom is 0.244 e. The Bertz CT molecular complexity index is 1190. The van der Waals surface area contributed by atoms with E-state index in [2.05, 4.69) is 5.32 Å². The molecule has 2 aliphatic heterocycles. The van der Waals surface area contributed by atoms with Crippen molar-refractivity contribution in [2.24, 2.45) is 5.92 Å². The van der Waals surface area contributed by atoms with Crippen LogP contribution in [0.4, 0.5) is 11.4 Å². The summed E-state index contributed by atoms with van der Waals surface area (Å²) in [5.74, 6) is -0.244. The highest BCUT2D eigenvalue weighted by molar-refractivity contribution is 7.99. The van der Waals surface area contributed by atoms with Crippen molar-refractivity contribution in [2.45, 2.75) is 43.4 Å². The molecule has 0 bridgehead atoms. The number of nitrogens with zero attached hydrogens (tertiary/aromatic N) is 2. The van der Waals surface area contributed by atoms with E-state index in [0.29, 0.717) is 30.2 Å². The van der Waals surface area contributed by atoms with E-state index in [9.17, 15) is 18.0 Å². The second kappa shape index (κ2) is 9.48. The lowest BCUT2D eigenvalue weighted by atomic mass is 10.1. The number of amides is 2. The SMILES string of the molecule is Cc1ccc(NC(=O)CN2C(=O)[C@@H](C)CSc3ccc(S(=O)(=O)N4CCCC4)cc32)cc1C. The van der Waals surface area contributed by atoms with Crippen LogP contribution in [-0.2, 0) is 19.6 Å². The number of rotatable bonds is 5. The lowest BCUT2D eigenvalue weighted by Gasteiger charge is -2.25. The summed E-state index contributed by atoms with van der Waals surface area (Å²) < 4.78 is 27.7. The van der Waals surface area contributed by atoms with E-state index < -0.39 is 10.0 Å². The Kier molecular flexibility index (Phi) is 6.83. The fourth-order valence-electron chi connectivity index (χ4n) is 4.07. The summed E-state index contributed by atoms with van der Waals surface area (Å²) in [6.45, 7) is 6.63.